The normalized spacial score (nSPS) is 21.9. The molecule has 0 aromatic heterocycles. The number of hydrogen-bond acceptors (Lipinski definition) is 4. The molecule has 1 aromatic rings. The van der Waals surface area contributed by atoms with Gasteiger partial charge in [-0.2, -0.15) is 0 Å². The number of hydrogen-bond donors (Lipinski definition) is 1. The first-order valence-corrected chi connectivity index (χ1v) is 7.85. The Bertz CT molecular complexity index is 465. The Morgan fingerprint density at radius 3 is 2.71 bits per heavy atom. The summed E-state index contributed by atoms with van der Waals surface area (Å²) < 4.78 is 16.5. The second-order valence-corrected chi connectivity index (χ2v) is 5.74. The molecule has 1 aliphatic heterocycles. The van der Waals surface area contributed by atoms with Crippen LogP contribution in [-0.4, -0.2) is 33.0 Å². The molecule has 0 spiro atoms. The summed E-state index contributed by atoms with van der Waals surface area (Å²) in [5.41, 5.74) is 0.917. The van der Waals surface area contributed by atoms with Gasteiger partial charge in [0.15, 0.2) is 0 Å². The van der Waals surface area contributed by atoms with Crippen LogP contribution in [0.5, 0.6) is 11.5 Å². The van der Waals surface area contributed by atoms with Gasteiger partial charge in [-0.1, -0.05) is 24.9 Å². The van der Waals surface area contributed by atoms with E-state index < -0.39 is 0 Å². The summed E-state index contributed by atoms with van der Waals surface area (Å²) in [7, 11) is 3.26. The van der Waals surface area contributed by atoms with E-state index in [9.17, 15) is 0 Å². The average molecular weight is 314 g/mol. The minimum absolute atomic E-state index is 0.349. The zero-order valence-corrected chi connectivity index (χ0v) is 13.7. The Kier molecular flexibility index (Phi) is 6.00. The lowest BCUT2D eigenvalue weighted by Gasteiger charge is -2.31. The molecule has 1 heterocycles. The topological polar surface area (TPSA) is 39.7 Å². The van der Waals surface area contributed by atoms with Crippen molar-refractivity contribution in [2.45, 2.75) is 44.8 Å². The van der Waals surface area contributed by atoms with Crippen molar-refractivity contribution in [1.29, 1.82) is 0 Å². The fraction of sp³-hybridized carbons (Fsp3) is 0.625. The molecule has 2 unspecified atom stereocenters. The summed E-state index contributed by atoms with van der Waals surface area (Å²) in [5.74, 6) is 1.39. The van der Waals surface area contributed by atoms with Crippen LogP contribution in [0.3, 0.4) is 0 Å². The summed E-state index contributed by atoms with van der Waals surface area (Å²) in [4.78, 5) is 0. The molecular weight excluding hydrogens is 290 g/mol. The zero-order chi connectivity index (χ0) is 15.2. The van der Waals surface area contributed by atoms with Gasteiger partial charge in [-0.05, 0) is 19.3 Å². The Morgan fingerprint density at radius 2 is 2.05 bits per heavy atom. The predicted octanol–water partition coefficient (Wildman–Crippen LogP) is 4.12. The molecule has 1 aromatic carbocycles. The van der Waals surface area contributed by atoms with Gasteiger partial charge < -0.3 is 19.5 Å². The molecule has 5 heteroatoms. The highest BCUT2D eigenvalue weighted by Crippen LogP contribution is 2.37. The lowest BCUT2D eigenvalue weighted by atomic mass is 10.00. The number of rotatable bonds is 6. The molecule has 4 nitrogen and oxygen atoms in total. The van der Waals surface area contributed by atoms with E-state index in [1.165, 1.54) is 0 Å². The van der Waals surface area contributed by atoms with E-state index in [0.29, 0.717) is 22.9 Å². The minimum atomic E-state index is 0.349. The molecule has 21 heavy (non-hydrogen) atoms. The van der Waals surface area contributed by atoms with Crippen LogP contribution in [0.15, 0.2) is 12.1 Å². The van der Waals surface area contributed by atoms with Crippen LogP contribution >= 0.6 is 11.6 Å². The molecule has 1 saturated heterocycles. The molecule has 0 amide bonds. The number of anilines is 1. The van der Waals surface area contributed by atoms with E-state index in [1.54, 1.807) is 20.3 Å². The van der Waals surface area contributed by atoms with Gasteiger partial charge in [-0.15, -0.1) is 0 Å². The lowest BCUT2D eigenvalue weighted by Crippen LogP contribution is -2.34. The maximum atomic E-state index is 6.13. The third-order valence-corrected chi connectivity index (χ3v) is 4.11. The molecular formula is C16H24ClNO3. The van der Waals surface area contributed by atoms with Gasteiger partial charge in [0.1, 0.15) is 11.5 Å². The number of methoxy groups -OCH3 is 2. The van der Waals surface area contributed by atoms with E-state index in [0.717, 1.165) is 43.7 Å². The molecule has 0 aliphatic carbocycles. The Balaban J connectivity index is 2.10. The molecule has 1 fully saturated rings. The second-order valence-electron chi connectivity index (χ2n) is 5.33. The SMILES string of the molecule is CCCC1CC(Nc2cc(OC)c(Cl)cc2OC)CCO1. The number of benzene rings is 1. The van der Waals surface area contributed by atoms with Crippen molar-refractivity contribution in [3.63, 3.8) is 0 Å². The maximum Gasteiger partial charge on any atom is 0.143 e. The Hall–Kier alpha value is -1.13. The molecule has 0 saturated carbocycles. The first-order valence-electron chi connectivity index (χ1n) is 7.47. The fourth-order valence-corrected chi connectivity index (χ4v) is 2.96. The summed E-state index contributed by atoms with van der Waals surface area (Å²) in [6.07, 6.45) is 4.62. The summed E-state index contributed by atoms with van der Waals surface area (Å²) >= 11 is 6.13. The van der Waals surface area contributed by atoms with Crippen LogP contribution in [0.1, 0.15) is 32.6 Å². The van der Waals surface area contributed by atoms with E-state index >= 15 is 0 Å². The highest BCUT2D eigenvalue weighted by molar-refractivity contribution is 6.32. The summed E-state index contributed by atoms with van der Waals surface area (Å²) in [6, 6.07) is 4.06. The first-order chi connectivity index (χ1) is 10.2. The minimum Gasteiger partial charge on any atom is -0.495 e. The van der Waals surface area contributed by atoms with Crippen molar-refractivity contribution in [2.24, 2.45) is 0 Å². The maximum absolute atomic E-state index is 6.13. The largest absolute Gasteiger partial charge is 0.495 e. The quantitative estimate of drug-likeness (QED) is 0.857. The van der Waals surface area contributed by atoms with Gasteiger partial charge in [-0.3, -0.25) is 0 Å². The lowest BCUT2D eigenvalue weighted by molar-refractivity contribution is 0.00595. The average Bonchev–Trinajstić information content (AvgIpc) is 2.49. The van der Waals surface area contributed by atoms with Crippen LogP contribution in [0, 0.1) is 0 Å². The first kappa shape index (κ1) is 16.2. The number of halogens is 1. The van der Waals surface area contributed by atoms with Crippen molar-refractivity contribution in [2.75, 3.05) is 26.1 Å². The van der Waals surface area contributed by atoms with E-state index in [-0.39, 0.29) is 0 Å². The molecule has 2 rings (SSSR count). The van der Waals surface area contributed by atoms with Crippen LogP contribution in [-0.2, 0) is 4.74 Å². The summed E-state index contributed by atoms with van der Waals surface area (Å²) in [5, 5.41) is 4.10. The fourth-order valence-electron chi connectivity index (χ4n) is 2.73. The third kappa shape index (κ3) is 4.17. The van der Waals surface area contributed by atoms with Gasteiger partial charge in [0.2, 0.25) is 0 Å². The van der Waals surface area contributed by atoms with Crippen molar-refractivity contribution >= 4 is 17.3 Å². The summed E-state index contributed by atoms with van der Waals surface area (Å²) in [6.45, 7) is 2.99. The standard InChI is InChI=1S/C16H24ClNO3/c1-4-5-12-8-11(6-7-21-12)18-14-10-15(19-2)13(17)9-16(14)20-3/h9-12,18H,4-8H2,1-3H3. The van der Waals surface area contributed by atoms with E-state index in [2.05, 4.69) is 12.2 Å². The monoisotopic (exact) mass is 313 g/mol. The van der Waals surface area contributed by atoms with Gasteiger partial charge in [0.05, 0.1) is 31.0 Å². The van der Waals surface area contributed by atoms with Gasteiger partial charge >= 0.3 is 0 Å². The van der Waals surface area contributed by atoms with Gasteiger partial charge in [0.25, 0.3) is 0 Å². The molecule has 0 bridgehead atoms. The zero-order valence-electron chi connectivity index (χ0n) is 12.9. The van der Waals surface area contributed by atoms with Gasteiger partial charge in [0, 0.05) is 24.8 Å². The van der Waals surface area contributed by atoms with Crippen molar-refractivity contribution < 1.29 is 14.2 Å². The van der Waals surface area contributed by atoms with Gasteiger partial charge in [-0.25, -0.2) is 0 Å². The van der Waals surface area contributed by atoms with Crippen molar-refractivity contribution in [1.82, 2.24) is 0 Å². The molecule has 0 radical (unpaired) electrons. The second kappa shape index (κ2) is 7.76. The smallest absolute Gasteiger partial charge is 0.143 e. The molecule has 1 aliphatic rings. The van der Waals surface area contributed by atoms with E-state index in [1.807, 2.05) is 6.07 Å². The van der Waals surface area contributed by atoms with Crippen LogP contribution < -0.4 is 14.8 Å². The van der Waals surface area contributed by atoms with Crippen LogP contribution in [0.2, 0.25) is 5.02 Å². The van der Waals surface area contributed by atoms with Crippen LogP contribution in [0.4, 0.5) is 5.69 Å². The molecule has 1 N–H and O–H groups in total. The predicted molar refractivity (Wildman–Crippen MR) is 85.8 cm³/mol. The number of ether oxygens (including phenoxy) is 3. The highest BCUT2D eigenvalue weighted by atomic mass is 35.5. The van der Waals surface area contributed by atoms with Crippen molar-refractivity contribution in [3.05, 3.63) is 17.2 Å². The highest BCUT2D eigenvalue weighted by Gasteiger charge is 2.23. The molecule has 118 valence electrons. The van der Waals surface area contributed by atoms with Crippen LogP contribution in [0.25, 0.3) is 0 Å². The molecule has 2 atom stereocenters. The van der Waals surface area contributed by atoms with Crippen molar-refractivity contribution in [3.8, 4) is 11.5 Å². The number of nitrogens with one attached hydrogen (secondary N) is 1. The Labute approximate surface area is 131 Å². The van der Waals surface area contributed by atoms with E-state index in [4.69, 9.17) is 25.8 Å². The third-order valence-electron chi connectivity index (χ3n) is 3.81. The Morgan fingerprint density at radius 1 is 1.29 bits per heavy atom.